The minimum absolute atomic E-state index is 0.255. The summed E-state index contributed by atoms with van der Waals surface area (Å²) in [6.07, 6.45) is 3.00. The Kier molecular flexibility index (Phi) is 6.22. The van der Waals surface area contributed by atoms with Gasteiger partial charge in [0.05, 0.1) is 0 Å². The van der Waals surface area contributed by atoms with Crippen LogP contribution >= 0.6 is 0 Å². The van der Waals surface area contributed by atoms with Crippen molar-refractivity contribution >= 4 is 17.8 Å². The average Bonchev–Trinajstić information content (AvgIpc) is 3.30. The first-order valence-electron chi connectivity index (χ1n) is 10.2. The average molecular weight is 408 g/mol. The van der Waals surface area contributed by atoms with Gasteiger partial charge < -0.3 is 20.6 Å². The number of anilines is 3. The van der Waals surface area contributed by atoms with Crippen LogP contribution in [0.25, 0.3) is 0 Å². The number of halogens is 1. The lowest BCUT2D eigenvalue weighted by atomic mass is 10.1. The van der Waals surface area contributed by atoms with Gasteiger partial charge in [0.15, 0.2) is 0 Å². The lowest BCUT2D eigenvalue weighted by Crippen LogP contribution is -2.22. The van der Waals surface area contributed by atoms with E-state index in [9.17, 15) is 9.50 Å². The fraction of sp³-hybridized carbons (Fsp3) is 0.318. The highest BCUT2D eigenvalue weighted by molar-refractivity contribution is 5.45. The number of hydrogen-bond acceptors (Lipinski definition) is 7. The van der Waals surface area contributed by atoms with E-state index in [-0.39, 0.29) is 11.6 Å². The normalized spacial score (nSPS) is 13.4. The number of phenols is 1. The Hall–Kier alpha value is -3.42. The maximum Gasteiger partial charge on any atom is 0.231 e. The second kappa shape index (κ2) is 9.39. The number of benzene rings is 2. The third-order valence-corrected chi connectivity index (χ3v) is 5.04. The molecule has 3 aromatic rings. The highest BCUT2D eigenvalue weighted by Crippen LogP contribution is 2.19. The number of aromatic hydroxyl groups is 1. The number of aromatic nitrogens is 3. The summed E-state index contributed by atoms with van der Waals surface area (Å²) in [6, 6.07) is 13.8. The molecular formula is C22H25FN6O. The van der Waals surface area contributed by atoms with E-state index in [0.717, 1.165) is 37.9 Å². The van der Waals surface area contributed by atoms with Gasteiger partial charge >= 0.3 is 0 Å². The fourth-order valence-corrected chi connectivity index (χ4v) is 3.38. The molecule has 0 bridgehead atoms. The smallest absolute Gasteiger partial charge is 0.231 e. The third kappa shape index (κ3) is 5.14. The molecule has 0 atom stereocenters. The summed E-state index contributed by atoms with van der Waals surface area (Å²) in [5.41, 5.74) is 1.66. The second-order valence-corrected chi connectivity index (χ2v) is 7.26. The molecule has 1 aromatic heterocycles. The van der Waals surface area contributed by atoms with Crippen LogP contribution in [0.3, 0.4) is 0 Å². The zero-order valence-electron chi connectivity index (χ0n) is 16.7. The summed E-state index contributed by atoms with van der Waals surface area (Å²) in [4.78, 5) is 15.7. The Bertz CT molecular complexity index is 976. The van der Waals surface area contributed by atoms with Gasteiger partial charge in [-0.25, -0.2) is 4.39 Å². The molecule has 0 spiro atoms. The molecule has 2 aromatic carbocycles. The summed E-state index contributed by atoms with van der Waals surface area (Å²) in [6.45, 7) is 2.78. The van der Waals surface area contributed by atoms with Crippen molar-refractivity contribution in [3.05, 3.63) is 65.5 Å². The predicted octanol–water partition coefficient (Wildman–Crippen LogP) is 3.58. The summed E-state index contributed by atoms with van der Waals surface area (Å²) < 4.78 is 13.9. The van der Waals surface area contributed by atoms with E-state index in [1.54, 1.807) is 30.3 Å². The van der Waals surface area contributed by atoms with Gasteiger partial charge in [0.25, 0.3) is 0 Å². The van der Waals surface area contributed by atoms with Crippen LogP contribution in [-0.2, 0) is 13.0 Å². The van der Waals surface area contributed by atoms with Crippen molar-refractivity contribution in [1.82, 2.24) is 15.0 Å². The van der Waals surface area contributed by atoms with Gasteiger partial charge in [-0.15, -0.1) is 0 Å². The van der Waals surface area contributed by atoms with Gasteiger partial charge in [-0.3, -0.25) is 0 Å². The quantitative estimate of drug-likeness (QED) is 0.525. The van der Waals surface area contributed by atoms with E-state index in [0.29, 0.717) is 36.5 Å². The molecule has 4 rings (SSSR count). The molecule has 3 N–H and O–H groups in total. The molecule has 0 unspecified atom stereocenters. The van der Waals surface area contributed by atoms with Crippen LogP contribution in [-0.4, -0.2) is 39.7 Å². The van der Waals surface area contributed by atoms with Crippen molar-refractivity contribution in [2.24, 2.45) is 0 Å². The molecule has 156 valence electrons. The Labute approximate surface area is 175 Å². The van der Waals surface area contributed by atoms with E-state index >= 15 is 0 Å². The van der Waals surface area contributed by atoms with Crippen LogP contribution in [0.5, 0.6) is 5.75 Å². The SMILES string of the molecule is Oc1ccc(CCNc2nc(NCc3ccccc3F)nc(N3CCCC3)n2)cc1. The first-order chi connectivity index (χ1) is 14.7. The van der Waals surface area contributed by atoms with Crippen molar-refractivity contribution < 1.29 is 9.50 Å². The van der Waals surface area contributed by atoms with Crippen molar-refractivity contribution in [3.63, 3.8) is 0 Å². The zero-order valence-corrected chi connectivity index (χ0v) is 16.7. The topological polar surface area (TPSA) is 86.2 Å². The highest BCUT2D eigenvalue weighted by Gasteiger charge is 2.17. The summed E-state index contributed by atoms with van der Waals surface area (Å²) in [5, 5.41) is 15.8. The molecule has 2 heterocycles. The predicted molar refractivity (Wildman–Crippen MR) is 115 cm³/mol. The molecule has 1 fully saturated rings. The summed E-state index contributed by atoms with van der Waals surface area (Å²) >= 11 is 0. The van der Waals surface area contributed by atoms with Gasteiger partial charge in [0.1, 0.15) is 11.6 Å². The fourth-order valence-electron chi connectivity index (χ4n) is 3.38. The number of hydrogen-bond donors (Lipinski definition) is 3. The van der Waals surface area contributed by atoms with Crippen molar-refractivity contribution in [2.45, 2.75) is 25.8 Å². The minimum Gasteiger partial charge on any atom is -0.508 e. The lowest BCUT2D eigenvalue weighted by molar-refractivity contribution is 0.475. The molecular weight excluding hydrogens is 383 g/mol. The van der Waals surface area contributed by atoms with E-state index in [2.05, 4.69) is 30.5 Å². The van der Waals surface area contributed by atoms with Gasteiger partial charge in [-0.1, -0.05) is 30.3 Å². The Morgan fingerprint density at radius 1 is 0.900 bits per heavy atom. The maximum atomic E-state index is 13.9. The first kappa shape index (κ1) is 19.9. The van der Waals surface area contributed by atoms with Crippen molar-refractivity contribution in [2.75, 3.05) is 35.2 Å². The highest BCUT2D eigenvalue weighted by atomic mass is 19.1. The molecule has 1 saturated heterocycles. The third-order valence-electron chi connectivity index (χ3n) is 5.04. The van der Waals surface area contributed by atoms with E-state index in [4.69, 9.17) is 0 Å². The minimum atomic E-state index is -0.258. The van der Waals surface area contributed by atoms with Gasteiger partial charge in [0.2, 0.25) is 17.8 Å². The van der Waals surface area contributed by atoms with Gasteiger partial charge in [0, 0.05) is 31.7 Å². The van der Waals surface area contributed by atoms with Gasteiger partial charge in [-0.2, -0.15) is 15.0 Å². The standard InChI is InChI=1S/C22H25FN6O/c23-19-6-2-1-5-17(19)15-25-21-26-20(27-22(28-21)29-13-3-4-14-29)24-12-11-16-7-9-18(30)10-8-16/h1-2,5-10,30H,3-4,11-15H2,(H2,24,25,26,27,28). The van der Waals surface area contributed by atoms with E-state index in [1.807, 2.05) is 12.1 Å². The second-order valence-electron chi connectivity index (χ2n) is 7.26. The largest absolute Gasteiger partial charge is 0.508 e. The van der Waals surface area contributed by atoms with Crippen LogP contribution in [0, 0.1) is 5.82 Å². The van der Waals surface area contributed by atoms with Crippen molar-refractivity contribution in [3.8, 4) is 5.75 Å². The Morgan fingerprint density at radius 3 is 2.33 bits per heavy atom. The first-order valence-corrected chi connectivity index (χ1v) is 10.2. The van der Waals surface area contributed by atoms with E-state index in [1.165, 1.54) is 6.07 Å². The van der Waals surface area contributed by atoms with Crippen LogP contribution in [0.15, 0.2) is 48.5 Å². The van der Waals surface area contributed by atoms with Crippen LogP contribution in [0.2, 0.25) is 0 Å². The number of phenolic OH excluding ortho intramolecular Hbond substituents is 1. The van der Waals surface area contributed by atoms with Gasteiger partial charge in [-0.05, 0) is 43.0 Å². The van der Waals surface area contributed by atoms with Crippen LogP contribution in [0.4, 0.5) is 22.2 Å². The monoisotopic (exact) mass is 408 g/mol. The molecule has 0 radical (unpaired) electrons. The van der Waals surface area contributed by atoms with E-state index < -0.39 is 0 Å². The number of nitrogens with one attached hydrogen (secondary N) is 2. The van der Waals surface area contributed by atoms with Crippen molar-refractivity contribution in [1.29, 1.82) is 0 Å². The lowest BCUT2D eigenvalue weighted by Gasteiger charge is -2.17. The zero-order chi connectivity index (χ0) is 20.8. The molecule has 0 aliphatic carbocycles. The molecule has 1 aliphatic heterocycles. The maximum absolute atomic E-state index is 13.9. The number of rotatable bonds is 8. The molecule has 30 heavy (non-hydrogen) atoms. The summed E-state index contributed by atoms with van der Waals surface area (Å²) in [5.74, 6) is 1.53. The number of nitrogens with zero attached hydrogens (tertiary/aromatic N) is 4. The Morgan fingerprint density at radius 2 is 1.60 bits per heavy atom. The van der Waals surface area contributed by atoms with Crippen LogP contribution < -0.4 is 15.5 Å². The molecule has 1 aliphatic rings. The molecule has 0 saturated carbocycles. The summed E-state index contributed by atoms with van der Waals surface area (Å²) in [7, 11) is 0. The van der Waals surface area contributed by atoms with Crippen LogP contribution in [0.1, 0.15) is 24.0 Å². The molecule has 0 amide bonds. The molecule has 7 nitrogen and oxygen atoms in total. The molecule has 8 heteroatoms. The Balaban J connectivity index is 1.45.